The number of carbonyl (C=O) groups is 1. The molecule has 1 saturated heterocycles. The molecule has 3 aromatic rings. The van der Waals surface area contributed by atoms with Gasteiger partial charge >= 0.3 is 6.18 Å². The molecule has 0 saturated carbocycles. The van der Waals surface area contributed by atoms with Crippen molar-refractivity contribution in [3.05, 3.63) is 71.1 Å². The molecule has 0 N–H and O–H groups in total. The Morgan fingerprint density at radius 3 is 2.37 bits per heavy atom. The fourth-order valence-corrected chi connectivity index (χ4v) is 3.52. The number of aryl methyl sites for hydroxylation is 1. The van der Waals surface area contributed by atoms with E-state index >= 15 is 0 Å². The highest BCUT2D eigenvalue weighted by Gasteiger charge is 2.35. The standard InChI is InChI=1S/C22H20F3N3O2/c1-2-14-3-7-16(8-4-14)20-26-21(30-27-20)17-11-19(29)28(13-17)12-15-5-9-18(10-6-15)22(23,24)25/h3-10,17H,2,11-13H2,1H3. The molecule has 1 aliphatic heterocycles. The number of benzene rings is 2. The average molecular weight is 415 g/mol. The first-order valence-corrected chi connectivity index (χ1v) is 9.70. The monoisotopic (exact) mass is 415 g/mol. The number of aromatic nitrogens is 2. The van der Waals surface area contributed by atoms with Crippen LogP contribution in [-0.2, 0) is 23.9 Å². The number of likely N-dealkylation sites (tertiary alicyclic amines) is 1. The lowest BCUT2D eigenvalue weighted by Gasteiger charge is -2.16. The predicted molar refractivity (Wildman–Crippen MR) is 103 cm³/mol. The molecular formula is C22H20F3N3O2. The second-order valence-corrected chi connectivity index (χ2v) is 7.38. The molecule has 1 aromatic heterocycles. The maximum absolute atomic E-state index is 12.7. The maximum atomic E-state index is 12.7. The predicted octanol–water partition coefficient (Wildman–Crippen LogP) is 4.83. The van der Waals surface area contributed by atoms with Crippen LogP contribution in [0.4, 0.5) is 13.2 Å². The number of alkyl halides is 3. The number of carbonyl (C=O) groups excluding carboxylic acids is 1. The molecule has 0 bridgehead atoms. The van der Waals surface area contributed by atoms with Crippen molar-refractivity contribution in [1.29, 1.82) is 0 Å². The molecule has 156 valence electrons. The molecule has 30 heavy (non-hydrogen) atoms. The van der Waals surface area contributed by atoms with Gasteiger partial charge in [0.1, 0.15) is 0 Å². The van der Waals surface area contributed by atoms with E-state index in [9.17, 15) is 18.0 Å². The molecule has 1 fully saturated rings. The van der Waals surface area contributed by atoms with Crippen molar-refractivity contribution < 1.29 is 22.5 Å². The van der Waals surface area contributed by atoms with Gasteiger partial charge in [0.25, 0.3) is 0 Å². The smallest absolute Gasteiger partial charge is 0.339 e. The van der Waals surface area contributed by atoms with E-state index in [-0.39, 0.29) is 24.8 Å². The van der Waals surface area contributed by atoms with E-state index in [4.69, 9.17) is 4.52 Å². The summed E-state index contributed by atoms with van der Waals surface area (Å²) in [5, 5.41) is 4.03. The summed E-state index contributed by atoms with van der Waals surface area (Å²) in [4.78, 5) is 18.4. The quantitative estimate of drug-likeness (QED) is 0.599. The fraction of sp³-hybridized carbons (Fsp3) is 0.318. The molecule has 0 radical (unpaired) electrons. The van der Waals surface area contributed by atoms with Crippen molar-refractivity contribution in [2.24, 2.45) is 0 Å². The van der Waals surface area contributed by atoms with Gasteiger partial charge < -0.3 is 9.42 Å². The van der Waals surface area contributed by atoms with E-state index < -0.39 is 11.7 Å². The van der Waals surface area contributed by atoms with Gasteiger partial charge in [-0.05, 0) is 29.7 Å². The maximum Gasteiger partial charge on any atom is 0.416 e. The molecule has 0 aliphatic carbocycles. The number of hydrogen-bond donors (Lipinski definition) is 0. The lowest BCUT2D eigenvalue weighted by Crippen LogP contribution is -2.24. The average Bonchev–Trinajstić information content (AvgIpc) is 3.35. The van der Waals surface area contributed by atoms with Gasteiger partial charge in [0, 0.05) is 25.1 Å². The third-order valence-corrected chi connectivity index (χ3v) is 5.28. The largest absolute Gasteiger partial charge is 0.416 e. The first kappa shape index (κ1) is 20.1. The van der Waals surface area contributed by atoms with E-state index in [1.807, 2.05) is 24.3 Å². The van der Waals surface area contributed by atoms with Crippen molar-refractivity contribution in [3.8, 4) is 11.4 Å². The molecule has 2 aromatic carbocycles. The summed E-state index contributed by atoms with van der Waals surface area (Å²) in [6.07, 6.45) is -3.20. The summed E-state index contributed by atoms with van der Waals surface area (Å²) >= 11 is 0. The Balaban J connectivity index is 1.43. The highest BCUT2D eigenvalue weighted by molar-refractivity contribution is 5.79. The Hall–Kier alpha value is -3.16. The van der Waals surface area contributed by atoms with E-state index in [0.29, 0.717) is 23.8 Å². The minimum absolute atomic E-state index is 0.0908. The minimum Gasteiger partial charge on any atom is -0.339 e. The van der Waals surface area contributed by atoms with Crippen LogP contribution in [0.25, 0.3) is 11.4 Å². The molecule has 1 aliphatic rings. The molecule has 1 atom stereocenters. The number of hydrogen-bond acceptors (Lipinski definition) is 4. The molecule has 1 unspecified atom stereocenters. The van der Waals surface area contributed by atoms with Gasteiger partial charge in [-0.1, -0.05) is 48.5 Å². The first-order valence-electron chi connectivity index (χ1n) is 9.70. The normalized spacial score (nSPS) is 17.0. The SMILES string of the molecule is CCc1ccc(-c2noc(C3CC(=O)N(Cc4ccc(C(F)(F)F)cc4)C3)n2)cc1. The first-order chi connectivity index (χ1) is 14.3. The fourth-order valence-electron chi connectivity index (χ4n) is 3.52. The van der Waals surface area contributed by atoms with Crippen LogP contribution >= 0.6 is 0 Å². The van der Waals surface area contributed by atoms with Crippen molar-refractivity contribution in [3.63, 3.8) is 0 Å². The number of amides is 1. The lowest BCUT2D eigenvalue weighted by atomic mass is 10.1. The highest BCUT2D eigenvalue weighted by atomic mass is 19.4. The Bertz CT molecular complexity index is 1030. The van der Waals surface area contributed by atoms with Crippen LogP contribution in [0.15, 0.2) is 53.1 Å². The van der Waals surface area contributed by atoms with E-state index in [0.717, 1.165) is 24.1 Å². The van der Waals surface area contributed by atoms with E-state index in [2.05, 4.69) is 17.1 Å². The van der Waals surface area contributed by atoms with Crippen molar-refractivity contribution in [2.45, 2.75) is 38.4 Å². The summed E-state index contributed by atoms with van der Waals surface area (Å²) in [5.74, 6) is 0.546. The molecular weight excluding hydrogens is 395 g/mol. The molecule has 2 heterocycles. The topological polar surface area (TPSA) is 59.2 Å². The van der Waals surface area contributed by atoms with Crippen LogP contribution in [0.2, 0.25) is 0 Å². The summed E-state index contributed by atoms with van der Waals surface area (Å²) in [6, 6.07) is 12.7. The van der Waals surface area contributed by atoms with E-state index in [1.165, 1.54) is 17.7 Å². The number of halogens is 3. The van der Waals surface area contributed by atoms with Crippen molar-refractivity contribution in [1.82, 2.24) is 15.0 Å². The Kier molecular flexibility index (Phi) is 5.32. The second kappa shape index (κ2) is 7.93. The molecule has 5 nitrogen and oxygen atoms in total. The van der Waals surface area contributed by atoms with Crippen LogP contribution in [0, 0.1) is 0 Å². The van der Waals surface area contributed by atoms with Crippen LogP contribution in [0.3, 0.4) is 0 Å². The van der Waals surface area contributed by atoms with Crippen molar-refractivity contribution in [2.75, 3.05) is 6.54 Å². The van der Waals surface area contributed by atoms with Gasteiger partial charge in [0.15, 0.2) is 0 Å². The number of rotatable bonds is 5. The van der Waals surface area contributed by atoms with Crippen molar-refractivity contribution >= 4 is 5.91 Å². The van der Waals surface area contributed by atoms with Crippen LogP contribution in [0.1, 0.15) is 41.8 Å². The van der Waals surface area contributed by atoms with Gasteiger partial charge in [-0.2, -0.15) is 18.2 Å². The van der Waals surface area contributed by atoms with Crippen LogP contribution in [-0.4, -0.2) is 27.5 Å². The summed E-state index contributed by atoms with van der Waals surface area (Å²) in [6.45, 7) is 2.71. The van der Waals surface area contributed by atoms with Crippen LogP contribution < -0.4 is 0 Å². The third-order valence-electron chi connectivity index (χ3n) is 5.28. The summed E-state index contributed by atoms with van der Waals surface area (Å²) in [7, 11) is 0. The van der Waals surface area contributed by atoms with Gasteiger partial charge in [0.05, 0.1) is 11.5 Å². The Labute approximate surface area is 171 Å². The van der Waals surface area contributed by atoms with Gasteiger partial charge in [0.2, 0.25) is 17.6 Å². The molecule has 1 amide bonds. The summed E-state index contributed by atoms with van der Waals surface area (Å²) in [5.41, 5.74) is 1.98. The molecule has 8 heteroatoms. The molecule has 4 rings (SSSR count). The molecule has 0 spiro atoms. The van der Waals surface area contributed by atoms with E-state index in [1.54, 1.807) is 4.90 Å². The highest BCUT2D eigenvalue weighted by Crippen LogP contribution is 2.31. The zero-order valence-electron chi connectivity index (χ0n) is 16.3. The Morgan fingerprint density at radius 1 is 1.07 bits per heavy atom. The second-order valence-electron chi connectivity index (χ2n) is 7.38. The van der Waals surface area contributed by atoms with Gasteiger partial charge in [-0.3, -0.25) is 4.79 Å². The van der Waals surface area contributed by atoms with Gasteiger partial charge in [-0.15, -0.1) is 0 Å². The minimum atomic E-state index is -4.38. The Morgan fingerprint density at radius 2 is 1.73 bits per heavy atom. The zero-order chi connectivity index (χ0) is 21.3. The number of nitrogens with zero attached hydrogens (tertiary/aromatic N) is 3. The van der Waals surface area contributed by atoms with Gasteiger partial charge in [-0.25, -0.2) is 0 Å². The van der Waals surface area contributed by atoms with Crippen LogP contribution in [0.5, 0.6) is 0 Å². The third kappa shape index (κ3) is 4.22. The zero-order valence-corrected chi connectivity index (χ0v) is 16.3. The summed E-state index contributed by atoms with van der Waals surface area (Å²) < 4.78 is 43.5. The lowest BCUT2D eigenvalue weighted by molar-refractivity contribution is -0.137.